The molecular weight excluding hydrogens is 554 g/mol. The molecule has 11 heteroatoms. The number of rotatable bonds is 5. The fraction of sp³-hybridized carbons (Fsp3) is 0.500. The van der Waals surface area contributed by atoms with Gasteiger partial charge in [0.25, 0.3) is 5.91 Å². The first-order valence-electron chi connectivity index (χ1n) is 13.2. The van der Waals surface area contributed by atoms with Gasteiger partial charge in [-0.25, -0.2) is 5.01 Å². The van der Waals surface area contributed by atoms with Gasteiger partial charge in [0.2, 0.25) is 5.91 Å². The van der Waals surface area contributed by atoms with Gasteiger partial charge in [0.1, 0.15) is 0 Å². The molecular formula is C28H30Cl2F3N3O3. The lowest BCUT2D eigenvalue weighted by Crippen LogP contribution is -2.49. The van der Waals surface area contributed by atoms with Gasteiger partial charge in [-0.3, -0.25) is 14.6 Å². The minimum absolute atomic E-state index is 0.0750. The number of piperidine rings is 1. The third-order valence-electron chi connectivity index (χ3n) is 7.92. The third-order valence-corrected chi connectivity index (χ3v) is 8.60. The molecule has 0 spiro atoms. The average molecular weight is 584 g/mol. The van der Waals surface area contributed by atoms with E-state index in [1.54, 1.807) is 36.4 Å². The SMILES string of the molecule is O=C(c1ccc(-c2cc(Cl)c(C[C@@H]3CCN(N4CCOCC4)C3=O)c(Cl)c2)cc1)N1CCC(C(F)(F)F)CC1. The van der Waals surface area contributed by atoms with Gasteiger partial charge in [-0.15, -0.1) is 0 Å². The lowest BCUT2D eigenvalue weighted by atomic mass is 9.95. The maximum Gasteiger partial charge on any atom is 0.391 e. The van der Waals surface area contributed by atoms with Gasteiger partial charge < -0.3 is 9.64 Å². The molecule has 1 atom stereocenters. The van der Waals surface area contributed by atoms with Crippen LogP contribution >= 0.6 is 23.2 Å². The van der Waals surface area contributed by atoms with E-state index in [1.807, 2.05) is 5.01 Å². The second-order valence-corrected chi connectivity index (χ2v) is 11.1. The molecule has 0 aromatic heterocycles. The molecule has 3 aliphatic heterocycles. The molecule has 39 heavy (non-hydrogen) atoms. The van der Waals surface area contributed by atoms with E-state index in [0.717, 1.165) is 23.1 Å². The van der Waals surface area contributed by atoms with Gasteiger partial charge in [0.05, 0.1) is 19.1 Å². The van der Waals surface area contributed by atoms with Crippen molar-refractivity contribution in [3.63, 3.8) is 0 Å². The largest absolute Gasteiger partial charge is 0.391 e. The molecule has 6 nitrogen and oxygen atoms in total. The summed E-state index contributed by atoms with van der Waals surface area (Å²) in [6, 6.07) is 10.5. The second-order valence-electron chi connectivity index (χ2n) is 10.3. The van der Waals surface area contributed by atoms with E-state index in [9.17, 15) is 22.8 Å². The molecule has 0 aliphatic carbocycles. The number of likely N-dealkylation sites (tertiary alicyclic amines) is 1. The number of hydrazine groups is 1. The molecule has 0 saturated carbocycles. The monoisotopic (exact) mass is 583 g/mol. The second kappa shape index (κ2) is 11.6. The number of hydrogen-bond acceptors (Lipinski definition) is 4. The Balaban J connectivity index is 1.23. The van der Waals surface area contributed by atoms with Crippen LogP contribution in [-0.4, -0.2) is 78.8 Å². The maximum absolute atomic E-state index is 13.1. The summed E-state index contributed by atoms with van der Waals surface area (Å²) < 4.78 is 44.2. The van der Waals surface area contributed by atoms with Crippen LogP contribution in [0.2, 0.25) is 10.0 Å². The molecule has 5 rings (SSSR count). The molecule has 2 aromatic carbocycles. The van der Waals surface area contributed by atoms with Crippen molar-refractivity contribution in [1.29, 1.82) is 0 Å². The summed E-state index contributed by atoms with van der Waals surface area (Å²) in [5.74, 6) is -1.74. The number of carbonyl (C=O) groups is 2. The van der Waals surface area contributed by atoms with Crippen molar-refractivity contribution >= 4 is 35.0 Å². The van der Waals surface area contributed by atoms with E-state index >= 15 is 0 Å². The van der Waals surface area contributed by atoms with Crippen LogP contribution < -0.4 is 0 Å². The molecule has 2 amide bonds. The summed E-state index contributed by atoms with van der Waals surface area (Å²) in [7, 11) is 0. The molecule has 0 unspecified atom stereocenters. The lowest BCUT2D eigenvalue weighted by molar-refractivity contribution is -0.183. The van der Waals surface area contributed by atoms with Gasteiger partial charge in [-0.1, -0.05) is 35.3 Å². The van der Waals surface area contributed by atoms with Crippen molar-refractivity contribution in [3.05, 3.63) is 57.6 Å². The Kier molecular flexibility index (Phi) is 8.42. The van der Waals surface area contributed by atoms with Crippen molar-refractivity contribution in [3.8, 4) is 11.1 Å². The zero-order valence-corrected chi connectivity index (χ0v) is 22.9. The predicted molar refractivity (Wildman–Crippen MR) is 142 cm³/mol. The van der Waals surface area contributed by atoms with Gasteiger partial charge in [-0.05, 0) is 66.6 Å². The van der Waals surface area contributed by atoms with Gasteiger partial charge >= 0.3 is 6.18 Å². The highest BCUT2D eigenvalue weighted by atomic mass is 35.5. The highest BCUT2D eigenvalue weighted by molar-refractivity contribution is 6.36. The standard InChI is InChI=1S/C28H30Cl2F3N3O3/c29-24-16-21(17-25(30)23(24)15-20-5-10-36(27(20)38)35-11-13-39-14-12-35)18-1-3-19(4-2-18)26(37)34-8-6-22(7-9-34)28(31,32)33/h1-4,16-17,20,22H,5-15H2/t20-/m0/s1. The average Bonchev–Trinajstić information content (AvgIpc) is 3.30. The highest BCUT2D eigenvalue weighted by Gasteiger charge is 2.42. The van der Waals surface area contributed by atoms with Crippen molar-refractivity contribution in [1.82, 2.24) is 14.9 Å². The van der Waals surface area contributed by atoms with Crippen LogP contribution in [0.5, 0.6) is 0 Å². The van der Waals surface area contributed by atoms with Crippen molar-refractivity contribution in [2.24, 2.45) is 11.8 Å². The molecule has 2 aromatic rings. The minimum Gasteiger partial charge on any atom is -0.379 e. The number of benzene rings is 2. The highest BCUT2D eigenvalue weighted by Crippen LogP contribution is 2.37. The van der Waals surface area contributed by atoms with Crippen molar-refractivity contribution in [2.75, 3.05) is 45.9 Å². The van der Waals surface area contributed by atoms with E-state index in [-0.39, 0.29) is 43.7 Å². The Hall–Kier alpha value is -2.33. The summed E-state index contributed by atoms with van der Waals surface area (Å²) >= 11 is 13.3. The number of hydrogen-bond donors (Lipinski definition) is 0. The van der Waals surface area contributed by atoms with Crippen molar-refractivity contribution < 1.29 is 27.5 Å². The van der Waals surface area contributed by atoms with Crippen LogP contribution in [0.1, 0.15) is 35.2 Å². The van der Waals surface area contributed by atoms with Crippen LogP contribution in [-0.2, 0) is 16.0 Å². The summed E-state index contributed by atoms with van der Waals surface area (Å²) in [5, 5.41) is 4.83. The van der Waals surface area contributed by atoms with Crippen LogP contribution in [0.4, 0.5) is 13.2 Å². The Morgan fingerprint density at radius 1 is 0.897 bits per heavy atom. The molecule has 0 bridgehead atoms. The number of carbonyl (C=O) groups excluding carboxylic acids is 2. The van der Waals surface area contributed by atoms with Gasteiger partial charge in [0.15, 0.2) is 0 Å². The quantitative estimate of drug-likeness (QED) is 0.452. The first kappa shape index (κ1) is 28.2. The van der Waals surface area contributed by atoms with E-state index in [4.69, 9.17) is 27.9 Å². The van der Waals surface area contributed by atoms with Gasteiger partial charge in [0, 0.05) is 54.3 Å². The van der Waals surface area contributed by atoms with E-state index in [1.165, 1.54) is 4.90 Å². The smallest absolute Gasteiger partial charge is 0.379 e. The fourth-order valence-electron chi connectivity index (χ4n) is 5.60. The number of halogens is 5. The Morgan fingerprint density at radius 3 is 2.10 bits per heavy atom. The van der Waals surface area contributed by atoms with Crippen LogP contribution in [0.3, 0.4) is 0 Å². The number of morpholine rings is 1. The summed E-state index contributed by atoms with van der Waals surface area (Å²) in [4.78, 5) is 27.4. The molecule has 3 fully saturated rings. The van der Waals surface area contributed by atoms with Crippen molar-refractivity contribution in [2.45, 2.75) is 31.9 Å². The fourth-order valence-corrected chi connectivity index (χ4v) is 6.24. The van der Waals surface area contributed by atoms with Crippen LogP contribution in [0, 0.1) is 11.8 Å². The zero-order chi connectivity index (χ0) is 27.7. The summed E-state index contributed by atoms with van der Waals surface area (Å²) in [6.07, 6.45) is -3.18. The molecule has 3 aliphatic rings. The number of amides is 2. The maximum atomic E-state index is 13.1. The topological polar surface area (TPSA) is 53.1 Å². The normalized spacial score (nSPS) is 21.6. The summed E-state index contributed by atoms with van der Waals surface area (Å²) in [5.41, 5.74) is 2.72. The first-order chi connectivity index (χ1) is 18.6. The van der Waals surface area contributed by atoms with E-state index in [0.29, 0.717) is 54.9 Å². The van der Waals surface area contributed by atoms with E-state index < -0.39 is 12.1 Å². The number of nitrogens with zero attached hydrogens (tertiary/aromatic N) is 3. The molecule has 0 radical (unpaired) electrons. The third kappa shape index (κ3) is 6.21. The molecule has 3 saturated heterocycles. The Bertz CT molecular complexity index is 1190. The lowest BCUT2D eigenvalue weighted by Gasteiger charge is -2.34. The molecule has 3 heterocycles. The molecule has 210 valence electrons. The minimum atomic E-state index is -4.22. The zero-order valence-electron chi connectivity index (χ0n) is 21.4. The van der Waals surface area contributed by atoms with Gasteiger partial charge in [-0.2, -0.15) is 13.2 Å². The number of alkyl halides is 3. The Labute approximate surface area is 235 Å². The predicted octanol–water partition coefficient (Wildman–Crippen LogP) is 5.71. The molecule has 0 N–H and O–H groups in total. The summed E-state index contributed by atoms with van der Waals surface area (Å²) in [6.45, 7) is 3.48. The first-order valence-corrected chi connectivity index (χ1v) is 14.0. The van der Waals surface area contributed by atoms with E-state index in [2.05, 4.69) is 5.01 Å². The number of ether oxygens (including phenoxy) is 1. The Morgan fingerprint density at radius 2 is 1.51 bits per heavy atom. The van der Waals surface area contributed by atoms with Crippen LogP contribution in [0.15, 0.2) is 36.4 Å². The van der Waals surface area contributed by atoms with Crippen LogP contribution in [0.25, 0.3) is 11.1 Å².